The average molecular weight is 216 g/mol. The summed E-state index contributed by atoms with van der Waals surface area (Å²) in [7, 11) is 0.652. The lowest BCUT2D eigenvalue weighted by Gasteiger charge is -2.02. The van der Waals surface area contributed by atoms with E-state index in [9.17, 15) is 0 Å². The number of hydrogen-bond acceptors (Lipinski definition) is 3. The van der Waals surface area contributed by atoms with Gasteiger partial charge in [-0.05, 0) is 18.9 Å². The number of epoxide rings is 1. The first-order valence-electron chi connectivity index (χ1n) is 5.47. The molecule has 1 rings (SSSR count). The molecule has 1 fully saturated rings. The van der Waals surface area contributed by atoms with Crippen molar-refractivity contribution in [2.75, 3.05) is 26.4 Å². The minimum atomic E-state index is 0.401. The van der Waals surface area contributed by atoms with Crippen molar-refractivity contribution in [1.82, 2.24) is 0 Å². The standard InChI is InChI=1S/C10H20O3Si/c1-2-3-6-13-14-7-4-5-11-8-10-9-12-10/h10H,2-9H2,1H3. The fourth-order valence-corrected chi connectivity index (χ4v) is 1.71. The van der Waals surface area contributed by atoms with E-state index >= 15 is 0 Å². The summed E-state index contributed by atoms with van der Waals surface area (Å²) in [6.07, 6.45) is 3.91. The minimum Gasteiger partial charge on any atom is -0.417 e. The lowest BCUT2D eigenvalue weighted by atomic mass is 10.4. The van der Waals surface area contributed by atoms with Gasteiger partial charge in [0.15, 0.2) is 0 Å². The Hall–Kier alpha value is 0.0969. The second-order valence-electron chi connectivity index (χ2n) is 3.48. The molecule has 0 aromatic rings. The summed E-state index contributed by atoms with van der Waals surface area (Å²) in [6.45, 7) is 5.62. The molecule has 1 unspecified atom stereocenters. The Balaban J connectivity index is 1.63. The van der Waals surface area contributed by atoms with Gasteiger partial charge in [0.2, 0.25) is 9.76 Å². The van der Waals surface area contributed by atoms with Crippen molar-refractivity contribution >= 4 is 9.76 Å². The van der Waals surface area contributed by atoms with E-state index in [2.05, 4.69) is 6.92 Å². The van der Waals surface area contributed by atoms with Crippen molar-refractivity contribution in [2.24, 2.45) is 0 Å². The van der Waals surface area contributed by atoms with Gasteiger partial charge in [0.1, 0.15) is 6.10 Å². The van der Waals surface area contributed by atoms with Gasteiger partial charge in [0.25, 0.3) is 0 Å². The van der Waals surface area contributed by atoms with Gasteiger partial charge in [-0.15, -0.1) is 0 Å². The highest BCUT2D eigenvalue weighted by atomic mass is 28.2. The van der Waals surface area contributed by atoms with Crippen LogP contribution in [-0.4, -0.2) is 42.3 Å². The van der Waals surface area contributed by atoms with E-state index < -0.39 is 0 Å². The first-order chi connectivity index (χ1) is 6.93. The zero-order valence-corrected chi connectivity index (χ0v) is 9.96. The van der Waals surface area contributed by atoms with Crippen LogP contribution in [-0.2, 0) is 13.9 Å². The quantitative estimate of drug-likeness (QED) is 0.316. The van der Waals surface area contributed by atoms with E-state index in [-0.39, 0.29) is 0 Å². The largest absolute Gasteiger partial charge is 0.417 e. The van der Waals surface area contributed by atoms with Crippen molar-refractivity contribution in [3.63, 3.8) is 0 Å². The molecule has 0 spiro atoms. The zero-order valence-electron chi connectivity index (χ0n) is 8.96. The zero-order chi connectivity index (χ0) is 10.1. The number of rotatable bonds is 10. The summed E-state index contributed by atoms with van der Waals surface area (Å²) in [5, 5.41) is 0. The van der Waals surface area contributed by atoms with Crippen molar-refractivity contribution in [2.45, 2.75) is 38.3 Å². The normalized spacial score (nSPS) is 19.9. The molecular formula is C10H20O3Si. The third-order valence-corrected chi connectivity index (χ3v) is 2.94. The predicted octanol–water partition coefficient (Wildman–Crippen LogP) is 1.65. The molecule has 4 heteroatoms. The Morgan fingerprint density at radius 1 is 1.36 bits per heavy atom. The third-order valence-electron chi connectivity index (χ3n) is 1.98. The van der Waals surface area contributed by atoms with E-state index in [0.29, 0.717) is 15.9 Å². The van der Waals surface area contributed by atoms with Crippen molar-refractivity contribution < 1.29 is 13.9 Å². The Kier molecular flexibility index (Phi) is 7.31. The summed E-state index contributed by atoms with van der Waals surface area (Å²) >= 11 is 0. The summed E-state index contributed by atoms with van der Waals surface area (Å²) in [5.41, 5.74) is 0. The number of ether oxygens (including phenoxy) is 2. The molecule has 1 aliphatic rings. The van der Waals surface area contributed by atoms with Gasteiger partial charge in [-0.2, -0.15) is 0 Å². The monoisotopic (exact) mass is 216 g/mol. The molecule has 1 atom stereocenters. The molecule has 82 valence electrons. The van der Waals surface area contributed by atoms with Crippen LogP contribution in [0.5, 0.6) is 0 Å². The molecule has 3 nitrogen and oxygen atoms in total. The predicted molar refractivity (Wildman–Crippen MR) is 56.6 cm³/mol. The van der Waals surface area contributed by atoms with Crippen LogP contribution in [0.1, 0.15) is 26.2 Å². The molecule has 2 radical (unpaired) electrons. The molecule has 1 aliphatic heterocycles. The van der Waals surface area contributed by atoms with Gasteiger partial charge in [-0.3, -0.25) is 0 Å². The second-order valence-corrected chi connectivity index (χ2v) is 4.56. The molecule has 0 bridgehead atoms. The molecule has 1 saturated heterocycles. The van der Waals surface area contributed by atoms with Crippen LogP contribution in [0, 0.1) is 0 Å². The molecule has 14 heavy (non-hydrogen) atoms. The van der Waals surface area contributed by atoms with E-state index in [0.717, 1.165) is 38.9 Å². The molecular weight excluding hydrogens is 196 g/mol. The van der Waals surface area contributed by atoms with E-state index in [1.807, 2.05) is 0 Å². The van der Waals surface area contributed by atoms with Crippen LogP contribution in [0.2, 0.25) is 6.04 Å². The molecule has 1 heterocycles. The van der Waals surface area contributed by atoms with E-state index in [1.165, 1.54) is 12.8 Å². The SMILES string of the molecule is CCCCO[Si]CCCOCC1CO1. The van der Waals surface area contributed by atoms with Crippen molar-refractivity contribution in [3.05, 3.63) is 0 Å². The van der Waals surface area contributed by atoms with E-state index in [4.69, 9.17) is 13.9 Å². The van der Waals surface area contributed by atoms with Gasteiger partial charge in [0.05, 0.1) is 13.2 Å². The van der Waals surface area contributed by atoms with Crippen molar-refractivity contribution in [3.8, 4) is 0 Å². The highest BCUT2D eigenvalue weighted by molar-refractivity contribution is 6.26. The topological polar surface area (TPSA) is 31.0 Å². The summed E-state index contributed by atoms with van der Waals surface area (Å²) in [4.78, 5) is 0. The molecule has 0 amide bonds. The Morgan fingerprint density at radius 2 is 2.21 bits per heavy atom. The Morgan fingerprint density at radius 3 is 2.93 bits per heavy atom. The maximum atomic E-state index is 5.46. The molecule has 0 N–H and O–H groups in total. The fourth-order valence-electron chi connectivity index (χ4n) is 0.986. The summed E-state index contributed by atoms with van der Waals surface area (Å²) in [6, 6.07) is 1.13. The number of hydrogen-bond donors (Lipinski definition) is 0. The highest BCUT2D eigenvalue weighted by Gasteiger charge is 2.21. The maximum Gasteiger partial charge on any atom is 0.229 e. The molecule has 0 saturated carbocycles. The maximum absolute atomic E-state index is 5.46. The van der Waals surface area contributed by atoms with Gasteiger partial charge in [0, 0.05) is 13.2 Å². The lowest BCUT2D eigenvalue weighted by molar-refractivity contribution is 0.116. The highest BCUT2D eigenvalue weighted by Crippen LogP contribution is 2.08. The van der Waals surface area contributed by atoms with Crippen LogP contribution in [0.25, 0.3) is 0 Å². The van der Waals surface area contributed by atoms with Gasteiger partial charge in [-0.25, -0.2) is 0 Å². The van der Waals surface area contributed by atoms with Crippen LogP contribution in [0.15, 0.2) is 0 Å². The van der Waals surface area contributed by atoms with Crippen LogP contribution < -0.4 is 0 Å². The van der Waals surface area contributed by atoms with Crippen LogP contribution in [0.3, 0.4) is 0 Å². The van der Waals surface area contributed by atoms with Gasteiger partial charge < -0.3 is 13.9 Å². The molecule has 0 aromatic heterocycles. The Bertz CT molecular complexity index is 129. The first kappa shape index (κ1) is 12.2. The second kappa shape index (κ2) is 8.41. The van der Waals surface area contributed by atoms with Crippen LogP contribution >= 0.6 is 0 Å². The van der Waals surface area contributed by atoms with Crippen molar-refractivity contribution in [1.29, 1.82) is 0 Å². The fraction of sp³-hybridized carbons (Fsp3) is 1.00. The summed E-state index contributed by atoms with van der Waals surface area (Å²) < 4.78 is 15.9. The first-order valence-corrected chi connectivity index (χ1v) is 6.59. The Labute approximate surface area is 89.1 Å². The summed E-state index contributed by atoms with van der Waals surface area (Å²) in [5.74, 6) is 0. The third kappa shape index (κ3) is 7.50. The lowest BCUT2D eigenvalue weighted by Crippen LogP contribution is -2.05. The van der Waals surface area contributed by atoms with Crippen LogP contribution in [0.4, 0.5) is 0 Å². The minimum absolute atomic E-state index is 0.401. The molecule has 0 aliphatic carbocycles. The van der Waals surface area contributed by atoms with Gasteiger partial charge in [-0.1, -0.05) is 13.3 Å². The number of unbranched alkanes of at least 4 members (excludes halogenated alkanes) is 1. The molecule has 0 aromatic carbocycles. The smallest absolute Gasteiger partial charge is 0.229 e. The van der Waals surface area contributed by atoms with E-state index in [1.54, 1.807) is 0 Å². The van der Waals surface area contributed by atoms with Gasteiger partial charge >= 0.3 is 0 Å². The average Bonchev–Trinajstić information content (AvgIpc) is 2.99.